The minimum Gasteiger partial charge on any atom is -0.489 e. The Hall–Kier alpha value is -3.55. The Kier molecular flexibility index (Phi) is 8.08. The van der Waals surface area contributed by atoms with E-state index in [1.165, 1.54) is 24.0 Å². The monoisotopic (exact) mass is 434 g/mol. The first-order valence-corrected chi connectivity index (χ1v) is 10.5. The van der Waals surface area contributed by atoms with E-state index < -0.39 is 0 Å². The summed E-state index contributed by atoms with van der Waals surface area (Å²) in [6.07, 6.45) is 2.89. The molecule has 1 amide bonds. The average molecular weight is 435 g/mol. The van der Waals surface area contributed by atoms with Crippen LogP contribution in [0.2, 0.25) is 0 Å². The third-order valence-electron chi connectivity index (χ3n) is 5.15. The van der Waals surface area contributed by atoms with Crippen LogP contribution < -0.4 is 31.6 Å². The van der Waals surface area contributed by atoms with Crippen LogP contribution in [0, 0.1) is 6.92 Å². The smallest absolute Gasteiger partial charge is 0.221 e. The molecule has 5 N–H and O–H groups in total. The van der Waals surface area contributed by atoms with Gasteiger partial charge in [0.2, 0.25) is 6.41 Å². The fourth-order valence-corrected chi connectivity index (χ4v) is 3.48. The first kappa shape index (κ1) is 23.1. The Labute approximate surface area is 188 Å². The topological polar surface area (TPSA) is 103 Å². The maximum absolute atomic E-state index is 8.94. The van der Waals surface area contributed by atoms with E-state index in [0.717, 1.165) is 28.5 Å². The van der Waals surface area contributed by atoms with E-state index >= 15 is 0 Å². The maximum atomic E-state index is 8.94. The van der Waals surface area contributed by atoms with Crippen molar-refractivity contribution >= 4 is 12.1 Å². The summed E-state index contributed by atoms with van der Waals surface area (Å²) in [5, 5.41) is 1.67. The highest BCUT2D eigenvalue weighted by Crippen LogP contribution is 2.43. The molecule has 1 saturated carbocycles. The minimum absolute atomic E-state index is 0.403. The van der Waals surface area contributed by atoms with Crippen LogP contribution in [0.4, 0.5) is 5.69 Å². The molecule has 0 bridgehead atoms. The van der Waals surface area contributed by atoms with Gasteiger partial charge in [-0.05, 0) is 73.2 Å². The summed E-state index contributed by atoms with van der Waals surface area (Å²) in [7, 11) is 1.87. The minimum atomic E-state index is 0.403. The standard InChI is InChI=1S/C24H26N2O2.CH4N2O/c1-17-15-20(28-19-7-4-3-5-8-19)13-14-24(17)27-16-22-21(18-11-12-18)9-6-10-23(22)26(2)25;2-3-1-4/h3-10,13-15,18H,11-12,16,25H2,1-2H3;1H,2H2,(H,3,4). The molecule has 1 aliphatic carbocycles. The van der Waals surface area contributed by atoms with Crippen molar-refractivity contribution in [3.05, 3.63) is 83.4 Å². The summed E-state index contributed by atoms with van der Waals surface area (Å²) in [6, 6.07) is 22.0. The number of hydrogen-bond donors (Lipinski definition) is 3. The number of benzene rings is 3. The summed E-state index contributed by atoms with van der Waals surface area (Å²) in [6.45, 7) is 2.54. The molecule has 4 rings (SSSR count). The number of para-hydroxylation sites is 1. The summed E-state index contributed by atoms with van der Waals surface area (Å²) in [5.74, 6) is 13.6. The molecule has 168 valence electrons. The molecule has 32 heavy (non-hydrogen) atoms. The number of ether oxygens (including phenoxy) is 2. The third-order valence-corrected chi connectivity index (χ3v) is 5.15. The second kappa shape index (κ2) is 11.2. The third kappa shape index (κ3) is 6.23. The molecule has 0 aromatic heterocycles. The van der Waals surface area contributed by atoms with Crippen molar-refractivity contribution in [2.24, 2.45) is 11.7 Å². The van der Waals surface area contributed by atoms with Crippen LogP contribution in [-0.4, -0.2) is 13.5 Å². The van der Waals surface area contributed by atoms with Crippen LogP contribution in [0.3, 0.4) is 0 Å². The molecule has 7 nitrogen and oxygen atoms in total. The molecule has 0 heterocycles. The van der Waals surface area contributed by atoms with E-state index in [4.69, 9.17) is 20.1 Å². The fourth-order valence-electron chi connectivity index (χ4n) is 3.48. The van der Waals surface area contributed by atoms with Gasteiger partial charge in [-0.3, -0.25) is 10.2 Å². The molecule has 0 saturated heterocycles. The van der Waals surface area contributed by atoms with Gasteiger partial charge in [-0.15, -0.1) is 0 Å². The Morgan fingerprint density at radius 1 is 1.06 bits per heavy atom. The van der Waals surface area contributed by atoms with E-state index in [0.29, 0.717) is 18.9 Å². The molecule has 0 radical (unpaired) electrons. The lowest BCUT2D eigenvalue weighted by molar-refractivity contribution is -0.109. The zero-order chi connectivity index (χ0) is 22.9. The first-order chi connectivity index (χ1) is 15.5. The van der Waals surface area contributed by atoms with Gasteiger partial charge in [0.25, 0.3) is 0 Å². The normalized spacial score (nSPS) is 12.2. The van der Waals surface area contributed by atoms with Crippen molar-refractivity contribution in [3.8, 4) is 17.2 Å². The predicted molar refractivity (Wildman–Crippen MR) is 126 cm³/mol. The van der Waals surface area contributed by atoms with Gasteiger partial charge in [-0.2, -0.15) is 0 Å². The summed E-state index contributed by atoms with van der Waals surface area (Å²) >= 11 is 0. The molecule has 1 aliphatic rings. The number of anilines is 1. The van der Waals surface area contributed by atoms with Crippen LogP contribution in [0.25, 0.3) is 0 Å². The van der Waals surface area contributed by atoms with E-state index in [1.807, 2.05) is 68.6 Å². The van der Waals surface area contributed by atoms with Crippen LogP contribution in [-0.2, 0) is 11.4 Å². The average Bonchev–Trinajstić information content (AvgIpc) is 3.64. The molecule has 7 heteroatoms. The lowest BCUT2D eigenvalue weighted by Crippen LogP contribution is -2.27. The van der Waals surface area contributed by atoms with Gasteiger partial charge < -0.3 is 14.5 Å². The first-order valence-electron chi connectivity index (χ1n) is 10.5. The van der Waals surface area contributed by atoms with Gasteiger partial charge in [0.1, 0.15) is 23.9 Å². The molecule has 3 aromatic carbocycles. The van der Waals surface area contributed by atoms with Gasteiger partial charge in [-0.1, -0.05) is 30.3 Å². The molecule has 0 spiro atoms. The largest absolute Gasteiger partial charge is 0.489 e. The number of carbonyl (C=O) groups is 1. The summed E-state index contributed by atoms with van der Waals surface area (Å²) < 4.78 is 12.1. The van der Waals surface area contributed by atoms with Crippen LogP contribution >= 0.6 is 0 Å². The maximum Gasteiger partial charge on any atom is 0.221 e. The number of nitrogens with zero attached hydrogens (tertiary/aromatic N) is 1. The number of carbonyl (C=O) groups excluding carboxylic acids is 1. The number of hydrogen-bond acceptors (Lipinski definition) is 6. The van der Waals surface area contributed by atoms with E-state index in [2.05, 4.69) is 18.0 Å². The van der Waals surface area contributed by atoms with Crippen molar-refractivity contribution < 1.29 is 14.3 Å². The second-order valence-electron chi connectivity index (χ2n) is 7.65. The second-order valence-corrected chi connectivity index (χ2v) is 7.65. The molecular formula is C25H30N4O3. The number of nitrogens with one attached hydrogen (secondary N) is 1. The van der Waals surface area contributed by atoms with Gasteiger partial charge in [0.05, 0.1) is 5.69 Å². The number of aryl methyl sites for hydroxylation is 1. The van der Waals surface area contributed by atoms with Gasteiger partial charge in [-0.25, -0.2) is 11.7 Å². The Balaban J connectivity index is 0.000000668. The zero-order valence-electron chi connectivity index (χ0n) is 18.5. The van der Waals surface area contributed by atoms with Gasteiger partial charge >= 0.3 is 0 Å². The lowest BCUT2D eigenvalue weighted by Gasteiger charge is -2.21. The van der Waals surface area contributed by atoms with Crippen molar-refractivity contribution in [3.63, 3.8) is 0 Å². The number of hydrazine groups is 2. The highest BCUT2D eigenvalue weighted by atomic mass is 16.5. The van der Waals surface area contributed by atoms with Crippen LogP contribution in [0.5, 0.6) is 17.2 Å². The zero-order valence-corrected chi connectivity index (χ0v) is 18.5. The quantitative estimate of drug-likeness (QED) is 0.213. The lowest BCUT2D eigenvalue weighted by atomic mass is 10.0. The number of rotatable bonds is 8. The van der Waals surface area contributed by atoms with Gasteiger partial charge in [0, 0.05) is 12.6 Å². The van der Waals surface area contributed by atoms with Crippen LogP contribution in [0.1, 0.15) is 35.4 Å². The van der Waals surface area contributed by atoms with Crippen molar-refractivity contribution in [1.82, 2.24) is 5.43 Å². The molecule has 0 atom stereocenters. The molecule has 1 fully saturated rings. The van der Waals surface area contributed by atoms with Crippen LogP contribution in [0.15, 0.2) is 66.7 Å². The molecular weight excluding hydrogens is 404 g/mol. The van der Waals surface area contributed by atoms with Crippen molar-refractivity contribution in [2.45, 2.75) is 32.3 Å². The highest BCUT2D eigenvalue weighted by molar-refractivity contribution is 5.57. The Morgan fingerprint density at radius 2 is 1.78 bits per heavy atom. The number of nitrogens with two attached hydrogens (primary N) is 2. The van der Waals surface area contributed by atoms with E-state index in [1.54, 1.807) is 10.4 Å². The Bertz CT molecular complexity index is 1000. The van der Waals surface area contributed by atoms with E-state index in [9.17, 15) is 0 Å². The molecule has 0 unspecified atom stereocenters. The fraction of sp³-hybridized carbons (Fsp3) is 0.240. The van der Waals surface area contributed by atoms with Gasteiger partial charge in [0.15, 0.2) is 0 Å². The SMILES string of the molecule is Cc1cc(Oc2ccccc2)ccc1OCc1c(C2CC2)cccc1N(C)N.NNC=O. The molecule has 0 aliphatic heterocycles. The number of amides is 1. The summed E-state index contributed by atoms with van der Waals surface area (Å²) in [5.41, 5.74) is 6.35. The van der Waals surface area contributed by atoms with Crippen molar-refractivity contribution in [1.29, 1.82) is 0 Å². The highest BCUT2D eigenvalue weighted by Gasteiger charge is 2.27. The summed E-state index contributed by atoms with van der Waals surface area (Å²) in [4.78, 5) is 8.94. The van der Waals surface area contributed by atoms with Crippen molar-refractivity contribution in [2.75, 3.05) is 12.1 Å². The van der Waals surface area contributed by atoms with E-state index in [-0.39, 0.29) is 0 Å². The predicted octanol–water partition coefficient (Wildman–Crippen LogP) is 4.16. The molecule has 3 aromatic rings. The Morgan fingerprint density at radius 3 is 2.38 bits per heavy atom.